The first kappa shape index (κ1) is 14.1. The van der Waals surface area contributed by atoms with E-state index >= 15 is 0 Å². The monoisotopic (exact) mass is 274 g/mol. The molecule has 0 radical (unpaired) electrons. The van der Waals surface area contributed by atoms with Crippen LogP contribution in [0.4, 0.5) is 10.1 Å². The quantitative estimate of drug-likeness (QED) is 0.907. The number of benzene rings is 1. The van der Waals surface area contributed by atoms with Crippen LogP contribution >= 0.6 is 0 Å². The Balaban J connectivity index is 2.22. The van der Waals surface area contributed by atoms with Gasteiger partial charge in [-0.3, -0.25) is 0 Å². The summed E-state index contributed by atoms with van der Waals surface area (Å²) in [6.07, 6.45) is 0. The molecular formula is C15H15FN2O2. The van der Waals surface area contributed by atoms with Crippen LogP contribution in [0, 0.1) is 24.1 Å². The number of methoxy groups -OCH3 is 1. The standard InChI is InChI=1S/C15H15FN2O2/c1-10-3-6-15(20-10)14(9-19-2)18-13-5-4-11(8-17)7-12(13)16/h3-7,14,18H,9H2,1-2H3. The highest BCUT2D eigenvalue weighted by Gasteiger charge is 2.17. The van der Waals surface area contributed by atoms with Crippen LogP contribution in [0.3, 0.4) is 0 Å². The second-order valence-corrected chi connectivity index (χ2v) is 4.41. The van der Waals surface area contributed by atoms with Gasteiger partial charge in [0, 0.05) is 7.11 Å². The Morgan fingerprint density at radius 2 is 2.20 bits per heavy atom. The number of ether oxygens (including phenoxy) is 1. The van der Waals surface area contributed by atoms with Crippen molar-refractivity contribution < 1.29 is 13.5 Å². The lowest BCUT2D eigenvalue weighted by Crippen LogP contribution is -2.16. The minimum atomic E-state index is -0.478. The third kappa shape index (κ3) is 3.16. The number of hydrogen-bond acceptors (Lipinski definition) is 4. The second kappa shape index (κ2) is 6.22. The molecule has 1 N–H and O–H groups in total. The Morgan fingerprint density at radius 1 is 1.40 bits per heavy atom. The van der Waals surface area contributed by atoms with Gasteiger partial charge in [0.15, 0.2) is 0 Å². The summed E-state index contributed by atoms with van der Waals surface area (Å²) in [6.45, 7) is 2.18. The first-order chi connectivity index (χ1) is 9.63. The van der Waals surface area contributed by atoms with Crippen molar-refractivity contribution in [3.8, 4) is 6.07 Å². The molecule has 104 valence electrons. The molecule has 0 bridgehead atoms. The maximum Gasteiger partial charge on any atom is 0.147 e. The largest absolute Gasteiger partial charge is 0.464 e. The van der Waals surface area contributed by atoms with Crippen LogP contribution in [0.15, 0.2) is 34.7 Å². The molecule has 1 aromatic heterocycles. The summed E-state index contributed by atoms with van der Waals surface area (Å²) in [5, 5.41) is 11.8. The van der Waals surface area contributed by atoms with Crippen molar-refractivity contribution in [1.82, 2.24) is 0 Å². The zero-order chi connectivity index (χ0) is 14.5. The lowest BCUT2D eigenvalue weighted by atomic mass is 10.1. The average molecular weight is 274 g/mol. The highest BCUT2D eigenvalue weighted by Crippen LogP contribution is 2.24. The number of nitriles is 1. The summed E-state index contributed by atoms with van der Waals surface area (Å²) in [5.74, 6) is 0.977. The van der Waals surface area contributed by atoms with E-state index in [1.807, 2.05) is 25.1 Å². The molecule has 0 aliphatic heterocycles. The number of nitrogens with one attached hydrogen (secondary N) is 1. The van der Waals surface area contributed by atoms with Crippen LogP contribution in [0.1, 0.15) is 23.1 Å². The van der Waals surface area contributed by atoms with Gasteiger partial charge < -0.3 is 14.5 Å². The van der Waals surface area contributed by atoms with E-state index in [-0.39, 0.29) is 11.6 Å². The molecule has 0 amide bonds. The van der Waals surface area contributed by atoms with Gasteiger partial charge in [0.25, 0.3) is 0 Å². The van der Waals surface area contributed by atoms with Gasteiger partial charge in [-0.25, -0.2) is 4.39 Å². The van der Waals surface area contributed by atoms with Crippen molar-refractivity contribution in [2.75, 3.05) is 19.0 Å². The molecule has 5 heteroatoms. The number of rotatable bonds is 5. The number of nitrogens with zero attached hydrogens (tertiary/aromatic N) is 1. The van der Waals surface area contributed by atoms with Crippen molar-refractivity contribution in [2.45, 2.75) is 13.0 Å². The molecule has 2 rings (SSSR count). The molecule has 0 saturated carbocycles. The molecule has 0 spiro atoms. The summed E-state index contributed by atoms with van der Waals surface area (Å²) in [4.78, 5) is 0. The summed E-state index contributed by atoms with van der Waals surface area (Å²) in [5.41, 5.74) is 0.588. The SMILES string of the molecule is COCC(Nc1ccc(C#N)cc1F)c1ccc(C)o1. The Labute approximate surface area is 116 Å². The number of halogens is 1. The van der Waals surface area contributed by atoms with Gasteiger partial charge in [-0.15, -0.1) is 0 Å². The van der Waals surface area contributed by atoms with Crippen LogP contribution in [0.5, 0.6) is 0 Å². The topological polar surface area (TPSA) is 58.2 Å². The van der Waals surface area contributed by atoms with E-state index in [0.29, 0.717) is 18.1 Å². The molecule has 0 saturated heterocycles. The minimum Gasteiger partial charge on any atom is -0.464 e. The van der Waals surface area contributed by atoms with E-state index in [2.05, 4.69) is 5.32 Å². The zero-order valence-corrected chi connectivity index (χ0v) is 11.3. The van der Waals surface area contributed by atoms with Gasteiger partial charge in [-0.1, -0.05) is 0 Å². The second-order valence-electron chi connectivity index (χ2n) is 4.41. The predicted molar refractivity (Wildman–Crippen MR) is 72.8 cm³/mol. The third-order valence-electron chi connectivity index (χ3n) is 2.87. The number of anilines is 1. The fraction of sp³-hybridized carbons (Fsp3) is 0.267. The molecule has 0 aliphatic carbocycles. The zero-order valence-electron chi connectivity index (χ0n) is 11.3. The maximum absolute atomic E-state index is 13.9. The first-order valence-electron chi connectivity index (χ1n) is 6.15. The van der Waals surface area contributed by atoms with Crippen LogP contribution in [-0.4, -0.2) is 13.7 Å². The van der Waals surface area contributed by atoms with Crippen molar-refractivity contribution in [3.05, 3.63) is 53.2 Å². The van der Waals surface area contributed by atoms with E-state index in [1.54, 1.807) is 13.2 Å². The third-order valence-corrected chi connectivity index (χ3v) is 2.87. The van der Waals surface area contributed by atoms with E-state index in [4.69, 9.17) is 14.4 Å². The van der Waals surface area contributed by atoms with Gasteiger partial charge in [-0.2, -0.15) is 5.26 Å². The highest BCUT2D eigenvalue weighted by atomic mass is 19.1. The summed E-state index contributed by atoms with van der Waals surface area (Å²) >= 11 is 0. The lowest BCUT2D eigenvalue weighted by molar-refractivity contribution is 0.178. The lowest BCUT2D eigenvalue weighted by Gasteiger charge is -2.17. The molecule has 20 heavy (non-hydrogen) atoms. The molecule has 1 atom stereocenters. The summed E-state index contributed by atoms with van der Waals surface area (Å²) < 4.78 is 24.5. The van der Waals surface area contributed by atoms with Crippen LogP contribution < -0.4 is 5.32 Å². The molecule has 2 aromatic rings. The minimum absolute atomic E-state index is 0.283. The van der Waals surface area contributed by atoms with Crippen molar-refractivity contribution >= 4 is 5.69 Å². The predicted octanol–water partition coefficient (Wildman–Crippen LogP) is 3.40. The van der Waals surface area contributed by atoms with Gasteiger partial charge >= 0.3 is 0 Å². The smallest absolute Gasteiger partial charge is 0.147 e. The van der Waals surface area contributed by atoms with Gasteiger partial charge in [-0.05, 0) is 37.3 Å². The average Bonchev–Trinajstić information content (AvgIpc) is 2.86. The Kier molecular flexibility index (Phi) is 4.38. The number of aryl methyl sites for hydroxylation is 1. The van der Waals surface area contributed by atoms with Crippen LogP contribution in [-0.2, 0) is 4.74 Å². The molecular weight excluding hydrogens is 259 g/mol. The van der Waals surface area contributed by atoms with Crippen molar-refractivity contribution in [3.63, 3.8) is 0 Å². The van der Waals surface area contributed by atoms with Crippen LogP contribution in [0.2, 0.25) is 0 Å². The molecule has 4 nitrogen and oxygen atoms in total. The Hall–Kier alpha value is -2.32. The Morgan fingerprint density at radius 3 is 2.75 bits per heavy atom. The fourth-order valence-corrected chi connectivity index (χ4v) is 1.89. The van der Waals surface area contributed by atoms with E-state index < -0.39 is 5.82 Å². The Bertz CT molecular complexity index is 631. The van der Waals surface area contributed by atoms with E-state index in [0.717, 1.165) is 5.76 Å². The maximum atomic E-state index is 13.9. The number of hydrogen-bond donors (Lipinski definition) is 1. The normalized spacial score (nSPS) is 11.9. The molecule has 1 unspecified atom stereocenters. The fourth-order valence-electron chi connectivity index (χ4n) is 1.89. The van der Waals surface area contributed by atoms with Gasteiger partial charge in [0.1, 0.15) is 23.4 Å². The number of furan rings is 1. The van der Waals surface area contributed by atoms with E-state index in [9.17, 15) is 4.39 Å². The van der Waals surface area contributed by atoms with Crippen molar-refractivity contribution in [2.24, 2.45) is 0 Å². The molecule has 0 fully saturated rings. The molecule has 0 aliphatic rings. The van der Waals surface area contributed by atoms with Gasteiger partial charge in [0.05, 0.1) is 23.9 Å². The van der Waals surface area contributed by atoms with E-state index in [1.165, 1.54) is 12.1 Å². The molecule has 1 aromatic carbocycles. The summed E-state index contributed by atoms with van der Waals surface area (Å²) in [7, 11) is 1.57. The van der Waals surface area contributed by atoms with Crippen LogP contribution in [0.25, 0.3) is 0 Å². The van der Waals surface area contributed by atoms with Gasteiger partial charge in [0.2, 0.25) is 0 Å². The molecule has 1 heterocycles. The highest BCUT2D eigenvalue weighted by molar-refractivity contribution is 5.50. The first-order valence-corrected chi connectivity index (χ1v) is 6.15. The van der Waals surface area contributed by atoms with Crippen molar-refractivity contribution in [1.29, 1.82) is 5.26 Å². The summed E-state index contributed by atoms with van der Waals surface area (Å²) in [6, 6.07) is 9.56.